The van der Waals surface area contributed by atoms with E-state index in [1.807, 2.05) is 32.0 Å². The highest BCUT2D eigenvalue weighted by molar-refractivity contribution is 7.90. The first kappa shape index (κ1) is 21.7. The van der Waals surface area contributed by atoms with E-state index < -0.39 is 16.0 Å². The predicted molar refractivity (Wildman–Crippen MR) is 113 cm³/mol. The number of nitrogens with zero attached hydrogens (tertiary/aromatic N) is 1. The Labute approximate surface area is 176 Å². The number of aliphatic imine (C=N–C) groups is 1. The SMILES string of the molecule is CCc1ccc(CC)c(C(=O)COC(=O)CCN=C2NS(=O)(=O)c3ccccc32)c1. The predicted octanol–water partition coefficient (Wildman–Crippen LogP) is 2.67. The molecule has 0 spiro atoms. The quantitative estimate of drug-likeness (QED) is 0.514. The number of carbonyl (C=O) groups is 2. The van der Waals surface area contributed by atoms with Crippen molar-refractivity contribution in [3.05, 3.63) is 64.7 Å². The van der Waals surface area contributed by atoms with Crippen LogP contribution in [0.4, 0.5) is 0 Å². The molecule has 0 saturated heterocycles. The van der Waals surface area contributed by atoms with Crippen LogP contribution in [-0.2, 0) is 32.4 Å². The van der Waals surface area contributed by atoms with Gasteiger partial charge in [-0.15, -0.1) is 0 Å². The minimum absolute atomic E-state index is 0.0464. The monoisotopic (exact) mass is 428 g/mol. The zero-order valence-corrected chi connectivity index (χ0v) is 17.8. The summed E-state index contributed by atoms with van der Waals surface area (Å²) in [6.45, 7) is 3.70. The molecule has 0 aliphatic carbocycles. The van der Waals surface area contributed by atoms with Crippen LogP contribution in [0.3, 0.4) is 0 Å². The molecule has 158 valence electrons. The maximum absolute atomic E-state index is 12.5. The number of nitrogens with one attached hydrogen (secondary N) is 1. The number of benzene rings is 2. The summed E-state index contributed by atoms with van der Waals surface area (Å²) in [6.07, 6.45) is 1.47. The van der Waals surface area contributed by atoms with E-state index in [9.17, 15) is 18.0 Å². The van der Waals surface area contributed by atoms with Crippen molar-refractivity contribution in [3.8, 4) is 0 Å². The van der Waals surface area contributed by atoms with E-state index in [-0.39, 0.29) is 36.1 Å². The Kier molecular flexibility index (Phi) is 6.66. The zero-order valence-electron chi connectivity index (χ0n) is 17.0. The highest BCUT2D eigenvalue weighted by Gasteiger charge is 2.30. The molecule has 1 N–H and O–H groups in total. The van der Waals surface area contributed by atoms with Gasteiger partial charge in [-0.25, -0.2) is 8.42 Å². The molecule has 7 nitrogen and oxygen atoms in total. The van der Waals surface area contributed by atoms with E-state index in [0.29, 0.717) is 17.5 Å². The first-order chi connectivity index (χ1) is 14.4. The van der Waals surface area contributed by atoms with E-state index >= 15 is 0 Å². The van der Waals surface area contributed by atoms with Crippen LogP contribution in [0.1, 0.15) is 47.3 Å². The molecular weight excluding hydrogens is 404 g/mol. The maximum atomic E-state index is 12.5. The fraction of sp³-hybridized carbons (Fsp3) is 0.318. The van der Waals surface area contributed by atoms with Gasteiger partial charge in [0.05, 0.1) is 17.9 Å². The standard InChI is InChI=1S/C22H24N2O5S/c1-3-15-9-10-16(4-2)18(13-15)19(25)14-29-21(26)11-12-23-22-17-7-5-6-8-20(17)30(27,28)24-22/h5-10,13H,3-4,11-12,14H2,1-2H3,(H,23,24). The fourth-order valence-corrected chi connectivity index (χ4v) is 4.47. The van der Waals surface area contributed by atoms with Gasteiger partial charge in [-0.2, -0.15) is 0 Å². The van der Waals surface area contributed by atoms with E-state index in [1.165, 1.54) is 6.07 Å². The van der Waals surface area contributed by atoms with Crippen molar-refractivity contribution in [1.29, 1.82) is 0 Å². The lowest BCUT2D eigenvalue weighted by Gasteiger charge is -2.09. The Balaban J connectivity index is 1.56. The van der Waals surface area contributed by atoms with Crippen LogP contribution in [-0.4, -0.2) is 39.2 Å². The van der Waals surface area contributed by atoms with Crippen LogP contribution < -0.4 is 4.72 Å². The highest BCUT2D eigenvalue weighted by Crippen LogP contribution is 2.22. The Morgan fingerprint density at radius 3 is 2.57 bits per heavy atom. The van der Waals surface area contributed by atoms with Crippen molar-refractivity contribution in [1.82, 2.24) is 4.72 Å². The molecular formula is C22H24N2O5S. The van der Waals surface area contributed by atoms with E-state index in [1.54, 1.807) is 18.2 Å². The smallest absolute Gasteiger partial charge is 0.308 e. The molecule has 3 rings (SSSR count). The Morgan fingerprint density at radius 1 is 1.07 bits per heavy atom. The van der Waals surface area contributed by atoms with E-state index in [4.69, 9.17) is 4.74 Å². The number of ether oxygens (including phenoxy) is 1. The Bertz CT molecular complexity index is 1110. The van der Waals surface area contributed by atoms with Gasteiger partial charge in [0.25, 0.3) is 10.0 Å². The molecule has 0 saturated carbocycles. The maximum Gasteiger partial charge on any atom is 0.308 e. The number of Topliss-reactive ketones (excluding diaryl/α,β-unsaturated/α-hetero) is 1. The van der Waals surface area contributed by atoms with E-state index in [0.717, 1.165) is 17.5 Å². The third-order valence-corrected chi connectivity index (χ3v) is 6.27. The average molecular weight is 429 g/mol. The second-order valence-electron chi connectivity index (χ2n) is 6.86. The topological polar surface area (TPSA) is 102 Å². The van der Waals surface area contributed by atoms with Gasteiger partial charge in [-0.05, 0) is 42.2 Å². The molecule has 8 heteroatoms. The summed E-state index contributed by atoms with van der Waals surface area (Å²) in [4.78, 5) is 28.9. The molecule has 1 heterocycles. The Morgan fingerprint density at radius 2 is 1.83 bits per heavy atom. The average Bonchev–Trinajstić information content (AvgIpc) is 3.01. The molecule has 0 fully saturated rings. The molecule has 2 aromatic carbocycles. The van der Waals surface area contributed by atoms with Gasteiger partial charge >= 0.3 is 5.97 Å². The molecule has 2 aromatic rings. The zero-order chi connectivity index (χ0) is 21.7. The van der Waals surface area contributed by atoms with Gasteiger partial charge in [0.1, 0.15) is 5.84 Å². The summed E-state index contributed by atoms with van der Waals surface area (Å²) < 4.78 is 31.6. The lowest BCUT2D eigenvalue weighted by atomic mass is 9.98. The normalized spacial score (nSPS) is 15.5. The number of hydrogen-bond donors (Lipinski definition) is 1. The van der Waals surface area contributed by atoms with Crippen molar-refractivity contribution in [2.24, 2.45) is 4.99 Å². The van der Waals surface area contributed by atoms with Crippen molar-refractivity contribution in [2.75, 3.05) is 13.2 Å². The summed E-state index contributed by atoms with van der Waals surface area (Å²) in [7, 11) is -3.61. The van der Waals surface area contributed by atoms with Crippen LogP contribution in [0.15, 0.2) is 52.4 Å². The molecule has 1 aliphatic heterocycles. The number of carbonyl (C=O) groups excluding carboxylic acids is 2. The summed E-state index contributed by atoms with van der Waals surface area (Å²) in [5, 5.41) is 0. The number of ketones is 1. The first-order valence-electron chi connectivity index (χ1n) is 9.83. The van der Waals surface area contributed by atoms with Gasteiger partial charge in [0.15, 0.2) is 6.61 Å². The molecule has 1 aliphatic rings. The minimum Gasteiger partial charge on any atom is -0.457 e. The second-order valence-corrected chi connectivity index (χ2v) is 8.52. The van der Waals surface area contributed by atoms with Gasteiger partial charge in [0.2, 0.25) is 5.78 Å². The molecule has 0 amide bonds. The number of hydrogen-bond acceptors (Lipinski definition) is 6. The molecule has 30 heavy (non-hydrogen) atoms. The number of fused-ring (bicyclic) bond motifs is 1. The van der Waals surface area contributed by atoms with Crippen molar-refractivity contribution < 1.29 is 22.7 Å². The summed E-state index contributed by atoms with van der Waals surface area (Å²) in [6, 6.07) is 12.3. The summed E-state index contributed by atoms with van der Waals surface area (Å²) in [5.74, 6) is -0.593. The number of sulfonamides is 1. The first-order valence-corrected chi connectivity index (χ1v) is 11.3. The van der Waals surface area contributed by atoms with Crippen molar-refractivity contribution in [3.63, 3.8) is 0 Å². The third kappa shape index (κ3) is 4.76. The lowest BCUT2D eigenvalue weighted by Crippen LogP contribution is -2.23. The third-order valence-electron chi connectivity index (χ3n) is 4.88. The number of amidine groups is 1. The number of esters is 1. The van der Waals surface area contributed by atoms with Gasteiger partial charge < -0.3 is 4.74 Å². The van der Waals surface area contributed by atoms with Gasteiger partial charge in [-0.1, -0.05) is 38.1 Å². The summed E-state index contributed by atoms with van der Waals surface area (Å²) >= 11 is 0. The van der Waals surface area contributed by atoms with E-state index in [2.05, 4.69) is 9.71 Å². The largest absolute Gasteiger partial charge is 0.457 e. The molecule has 0 bridgehead atoms. The molecule has 0 atom stereocenters. The van der Waals surface area contributed by atoms with Crippen LogP contribution in [0.25, 0.3) is 0 Å². The molecule has 0 aromatic heterocycles. The highest BCUT2D eigenvalue weighted by atomic mass is 32.2. The molecule has 0 radical (unpaired) electrons. The van der Waals surface area contributed by atoms with Crippen LogP contribution in [0.5, 0.6) is 0 Å². The van der Waals surface area contributed by atoms with Crippen LogP contribution >= 0.6 is 0 Å². The second kappa shape index (κ2) is 9.21. The van der Waals surface area contributed by atoms with Crippen LogP contribution in [0.2, 0.25) is 0 Å². The number of aryl methyl sites for hydroxylation is 2. The Hall–Kier alpha value is -3.00. The lowest BCUT2D eigenvalue weighted by molar-refractivity contribution is -0.142. The van der Waals surface area contributed by atoms with Crippen molar-refractivity contribution >= 4 is 27.6 Å². The van der Waals surface area contributed by atoms with Gasteiger partial charge in [-0.3, -0.25) is 19.3 Å². The summed E-state index contributed by atoms with van der Waals surface area (Å²) in [5.41, 5.74) is 3.04. The molecule has 0 unspecified atom stereocenters. The number of rotatable bonds is 8. The minimum atomic E-state index is -3.61. The van der Waals surface area contributed by atoms with Gasteiger partial charge in [0, 0.05) is 11.1 Å². The fourth-order valence-electron chi connectivity index (χ4n) is 3.22. The van der Waals surface area contributed by atoms with Crippen LogP contribution in [0, 0.1) is 0 Å². The van der Waals surface area contributed by atoms with Crippen molar-refractivity contribution in [2.45, 2.75) is 38.0 Å².